The van der Waals surface area contributed by atoms with Gasteiger partial charge in [0.15, 0.2) is 0 Å². The summed E-state index contributed by atoms with van der Waals surface area (Å²) in [7, 11) is 0. The number of fused-ring (bicyclic) bond motifs is 1. The Morgan fingerprint density at radius 3 is 2.88 bits per heavy atom. The maximum atomic E-state index is 12.6. The summed E-state index contributed by atoms with van der Waals surface area (Å²) in [6.45, 7) is 4.04. The minimum Gasteiger partial charge on any atom is -0.506 e. The van der Waals surface area contributed by atoms with Gasteiger partial charge in [0.25, 0.3) is 0 Å². The lowest BCUT2D eigenvalue weighted by Crippen LogP contribution is -2.63. The number of ether oxygens (including phenoxy) is 1. The van der Waals surface area contributed by atoms with Crippen LogP contribution in [0.15, 0.2) is 18.2 Å². The molecule has 1 N–H and O–H groups in total. The van der Waals surface area contributed by atoms with Gasteiger partial charge in [-0.3, -0.25) is 9.69 Å². The van der Waals surface area contributed by atoms with Crippen LogP contribution in [0.3, 0.4) is 0 Å². The van der Waals surface area contributed by atoms with Crippen LogP contribution in [0.2, 0.25) is 5.02 Å². The standard InChI is InChI=1S/C18H23ClN2O3/c19-15-7-12(1-4-17(15)22)8-18(23)20-5-6-21-14(9-20)10-24-11-16(21)13-2-3-13/h1,4,7,13-14,16,22H,2-3,5-6,8-11H2/t14-,16-/m1/s1. The number of phenols is 1. The molecule has 2 heterocycles. The molecule has 6 heteroatoms. The molecule has 5 nitrogen and oxygen atoms in total. The van der Waals surface area contributed by atoms with E-state index in [0.717, 1.165) is 44.3 Å². The van der Waals surface area contributed by atoms with Gasteiger partial charge in [-0.1, -0.05) is 17.7 Å². The second-order valence-corrected chi connectivity index (χ2v) is 7.54. The van der Waals surface area contributed by atoms with Gasteiger partial charge in [-0.05, 0) is 36.5 Å². The van der Waals surface area contributed by atoms with Gasteiger partial charge >= 0.3 is 0 Å². The molecule has 1 aromatic rings. The number of rotatable bonds is 3. The first-order chi connectivity index (χ1) is 11.6. The number of hydrogen-bond donors (Lipinski definition) is 1. The second-order valence-electron chi connectivity index (χ2n) is 7.14. The van der Waals surface area contributed by atoms with Crippen molar-refractivity contribution in [3.63, 3.8) is 0 Å². The summed E-state index contributed by atoms with van der Waals surface area (Å²) in [4.78, 5) is 17.1. The maximum Gasteiger partial charge on any atom is 0.227 e. The minimum absolute atomic E-state index is 0.0481. The van der Waals surface area contributed by atoms with E-state index in [2.05, 4.69) is 4.90 Å². The third-order valence-electron chi connectivity index (χ3n) is 5.44. The predicted octanol–water partition coefficient (Wildman–Crippen LogP) is 1.91. The van der Waals surface area contributed by atoms with E-state index in [1.165, 1.54) is 18.9 Å². The van der Waals surface area contributed by atoms with Gasteiger partial charge < -0.3 is 14.7 Å². The topological polar surface area (TPSA) is 53.0 Å². The SMILES string of the molecule is O=C(Cc1ccc(O)c(Cl)c1)N1CCN2[C@@H](COC[C@@H]2C2CC2)C1. The summed E-state index contributed by atoms with van der Waals surface area (Å²) >= 11 is 5.93. The molecule has 2 aliphatic heterocycles. The van der Waals surface area contributed by atoms with Crippen LogP contribution in [0.5, 0.6) is 5.75 Å². The molecule has 1 saturated carbocycles. The highest BCUT2D eigenvalue weighted by atomic mass is 35.5. The van der Waals surface area contributed by atoms with Crippen LogP contribution in [0.4, 0.5) is 0 Å². The van der Waals surface area contributed by atoms with Gasteiger partial charge in [-0.15, -0.1) is 0 Å². The highest BCUT2D eigenvalue weighted by molar-refractivity contribution is 6.32. The fraction of sp³-hybridized carbons (Fsp3) is 0.611. The first kappa shape index (κ1) is 16.2. The minimum atomic E-state index is 0.0481. The van der Waals surface area contributed by atoms with Gasteiger partial charge in [0.05, 0.1) is 30.7 Å². The van der Waals surface area contributed by atoms with Crippen LogP contribution in [0.25, 0.3) is 0 Å². The molecule has 0 radical (unpaired) electrons. The van der Waals surface area contributed by atoms with Gasteiger partial charge in [0.2, 0.25) is 5.91 Å². The van der Waals surface area contributed by atoms with Crippen molar-refractivity contribution in [3.8, 4) is 5.75 Å². The van der Waals surface area contributed by atoms with Crippen molar-refractivity contribution < 1.29 is 14.6 Å². The Hall–Kier alpha value is -1.30. The van der Waals surface area contributed by atoms with E-state index in [4.69, 9.17) is 16.3 Å². The average Bonchev–Trinajstić information content (AvgIpc) is 3.42. The third-order valence-corrected chi connectivity index (χ3v) is 5.74. The zero-order valence-electron chi connectivity index (χ0n) is 13.7. The summed E-state index contributed by atoms with van der Waals surface area (Å²) in [5.74, 6) is 0.964. The summed E-state index contributed by atoms with van der Waals surface area (Å²) in [5.41, 5.74) is 0.834. The predicted molar refractivity (Wildman–Crippen MR) is 91.2 cm³/mol. The lowest BCUT2D eigenvalue weighted by atomic mass is 10.0. The number of amides is 1. The normalized spacial score (nSPS) is 27.8. The first-order valence-electron chi connectivity index (χ1n) is 8.70. The lowest BCUT2D eigenvalue weighted by Gasteiger charge is -2.48. The van der Waals surface area contributed by atoms with Crippen LogP contribution in [0, 0.1) is 5.92 Å². The summed E-state index contributed by atoms with van der Waals surface area (Å²) in [6.07, 6.45) is 2.96. The molecule has 3 aliphatic rings. The zero-order valence-corrected chi connectivity index (χ0v) is 14.4. The molecule has 0 aromatic heterocycles. The largest absolute Gasteiger partial charge is 0.506 e. The Morgan fingerprint density at radius 1 is 1.29 bits per heavy atom. The number of carbonyl (C=O) groups is 1. The van der Waals surface area contributed by atoms with E-state index in [9.17, 15) is 9.90 Å². The van der Waals surface area contributed by atoms with E-state index in [1.54, 1.807) is 12.1 Å². The Kier molecular flexibility index (Phi) is 4.41. The van der Waals surface area contributed by atoms with Crippen LogP contribution >= 0.6 is 11.6 Å². The van der Waals surface area contributed by atoms with Crippen LogP contribution < -0.4 is 0 Å². The molecule has 0 unspecified atom stereocenters. The number of halogens is 1. The Labute approximate surface area is 147 Å². The van der Waals surface area contributed by atoms with Crippen molar-refractivity contribution in [1.29, 1.82) is 0 Å². The molecule has 1 amide bonds. The number of hydrogen-bond acceptors (Lipinski definition) is 4. The first-order valence-corrected chi connectivity index (χ1v) is 9.08. The van der Waals surface area contributed by atoms with Gasteiger partial charge in [-0.25, -0.2) is 0 Å². The van der Waals surface area contributed by atoms with Crippen LogP contribution in [-0.2, 0) is 16.0 Å². The summed E-state index contributed by atoms with van der Waals surface area (Å²) in [5, 5.41) is 9.77. The van der Waals surface area contributed by atoms with Crippen LogP contribution in [0.1, 0.15) is 18.4 Å². The molecule has 4 rings (SSSR count). The number of aromatic hydroxyl groups is 1. The Morgan fingerprint density at radius 2 is 2.12 bits per heavy atom. The van der Waals surface area contributed by atoms with Crippen molar-refractivity contribution in [2.75, 3.05) is 32.8 Å². The number of carbonyl (C=O) groups excluding carboxylic acids is 1. The molecule has 2 atom stereocenters. The molecule has 0 spiro atoms. The quantitative estimate of drug-likeness (QED) is 0.904. The average molecular weight is 351 g/mol. The van der Waals surface area contributed by atoms with Crippen molar-refractivity contribution in [3.05, 3.63) is 28.8 Å². The fourth-order valence-electron chi connectivity index (χ4n) is 3.94. The molecule has 2 saturated heterocycles. The second kappa shape index (κ2) is 6.54. The summed E-state index contributed by atoms with van der Waals surface area (Å²) < 4.78 is 5.80. The molecule has 0 bridgehead atoms. The van der Waals surface area contributed by atoms with Crippen molar-refractivity contribution in [2.24, 2.45) is 5.92 Å². The molecular weight excluding hydrogens is 328 g/mol. The van der Waals surface area contributed by atoms with E-state index in [1.807, 2.05) is 4.90 Å². The van der Waals surface area contributed by atoms with Crippen LogP contribution in [-0.4, -0.2) is 65.7 Å². The van der Waals surface area contributed by atoms with E-state index < -0.39 is 0 Å². The molecule has 1 aliphatic carbocycles. The number of nitrogens with zero attached hydrogens (tertiary/aromatic N) is 2. The van der Waals surface area contributed by atoms with Crippen molar-refractivity contribution in [1.82, 2.24) is 9.80 Å². The van der Waals surface area contributed by atoms with Crippen molar-refractivity contribution in [2.45, 2.75) is 31.3 Å². The van der Waals surface area contributed by atoms with E-state index >= 15 is 0 Å². The van der Waals surface area contributed by atoms with E-state index in [0.29, 0.717) is 18.5 Å². The lowest BCUT2D eigenvalue weighted by molar-refractivity contribution is -0.139. The monoisotopic (exact) mass is 350 g/mol. The molecule has 24 heavy (non-hydrogen) atoms. The smallest absolute Gasteiger partial charge is 0.227 e. The maximum absolute atomic E-state index is 12.6. The third kappa shape index (κ3) is 3.25. The van der Waals surface area contributed by atoms with Crippen molar-refractivity contribution >= 4 is 17.5 Å². The highest BCUT2D eigenvalue weighted by Gasteiger charge is 2.43. The van der Waals surface area contributed by atoms with Gasteiger partial charge in [0, 0.05) is 25.7 Å². The fourth-order valence-corrected chi connectivity index (χ4v) is 4.14. The highest BCUT2D eigenvalue weighted by Crippen LogP contribution is 2.38. The number of piperazine rings is 1. The number of morpholine rings is 1. The summed E-state index contributed by atoms with van der Waals surface area (Å²) in [6, 6.07) is 5.83. The number of phenolic OH excluding ortho intramolecular Hbond substituents is 1. The molecule has 1 aromatic carbocycles. The van der Waals surface area contributed by atoms with Gasteiger partial charge in [-0.2, -0.15) is 0 Å². The molecule has 130 valence electrons. The number of benzene rings is 1. The Bertz CT molecular complexity index is 635. The Balaban J connectivity index is 1.38. The van der Waals surface area contributed by atoms with E-state index in [-0.39, 0.29) is 16.7 Å². The molecule has 3 fully saturated rings. The van der Waals surface area contributed by atoms with Gasteiger partial charge in [0.1, 0.15) is 5.75 Å². The zero-order chi connectivity index (χ0) is 16.7. The molecular formula is C18H23ClN2O3.